The average Bonchev–Trinajstić information content (AvgIpc) is 3.13. The first-order chi connectivity index (χ1) is 16.4. The first-order valence-electron chi connectivity index (χ1n) is 11.6. The predicted molar refractivity (Wildman–Crippen MR) is 136 cm³/mol. The van der Waals surface area contributed by atoms with Crippen molar-refractivity contribution in [2.24, 2.45) is 0 Å². The number of anilines is 3. The molecule has 0 unspecified atom stereocenters. The van der Waals surface area contributed by atoms with E-state index in [1.807, 2.05) is 37.4 Å². The first kappa shape index (κ1) is 24.4. The van der Waals surface area contributed by atoms with E-state index in [-0.39, 0.29) is 5.91 Å². The summed E-state index contributed by atoms with van der Waals surface area (Å²) in [6.45, 7) is 3.94. The molecule has 1 aromatic heterocycles. The fourth-order valence-electron chi connectivity index (χ4n) is 4.15. The number of fused-ring (bicyclic) bond motifs is 2. The van der Waals surface area contributed by atoms with E-state index in [0.29, 0.717) is 29.4 Å². The van der Waals surface area contributed by atoms with Gasteiger partial charge in [-0.25, -0.2) is 9.97 Å². The SMILES string of the molecule is CN1CCCCON(C)CCCN(C)c2ncnc3c2/C(=C/Nc2ccc(Cl)c(c2)C1)C(=O)N3. The van der Waals surface area contributed by atoms with Gasteiger partial charge in [0.05, 0.1) is 17.7 Å². The van der Waals surface area contributed by atoms with Gasteiger partial charge in [0.15, 0.2) is 0 Å². The molecule has 10 heteroatoms. The lowest BCUT2D eigenvalue weighted by molar-refractivity contribution is -0.140. The number of halogens is 1. The van der Waals surface area contributed by atoms with Crippen LogP contribution in [0.15, 0.2) is 30.7 Å². The Bertz CT molecular complexity index is 1060. The molecule has 0 aliphatic carbocycles. The van der Waals surface area contributed by atoms with Gasteiger partial charge in [-0.05, 0) is 56.6 Å². The molecule has 0 saturated heterocycles. The third-order valence-electron chi connectivity index (χ3n) is 6.02. The van der Waals surface area contributed by atoms with Gasteiger partial charge in [0, 0.05) is 50.6 Å². The first-order valence-corrected chi connectivity index (χ1v) is 12.0. The van der Waals surface area contributed by atoms with Crippen molar-refractivity contribution in [3.05, 3.63) is 46.9 Å². The normalized spacial score (nSPS) is 20.6. The van der Waals surface area contributed by atoms with Crippen LogP contribution in [0.4, 0.5) is 17.3 Å². The van der Waals surface area contributed by atoms with E-state index in [9.17, 15) is 4.79 Å². The second-order valence-electron chi connectivity index (χ2n) is 8.79. The molecule has 0 saturated carbocycles. The molecule has 0 atom stereocenters. The number of benzene rings is 1. The van der Waals surface area contributed by atoms with Crippen LogP contribution in [-0.4, -0.2) is 73.2 Å². The molecule has 2 aliphatic rings. The van der Waals surface area contributed by atoms with Crippen molar-refractivity contribution >= 4 is 40.4 Å². The van der Waals surface area contributed by atoms with Crippen LogP contribution in [0.2, 0.25) is 5.02 Å². The number of aromatic nitrogens is 2. The van der Waals surface area contributed by atoms with Gasteiger partial charge < -0.3 is 20.4 Å². The van der Waals surface area contributed by atoms with E-state index in [4.69, 9.17) is 16.4 Å². The molecule has 1 amide bonds. The summed E-state index contributed by atoms with van der Waals surface area (Å²) in [6, 6.07) is 5.81. The summed E-state index contributed by atoms with van der Waals surface area (Å²) in [5.74, 6) is 1.03. The monoisotopic (exact) mass is 485 g/mol. The zero-order chi connectivity index (χ0) is 24.1. The Kier molecular flexibility index (Phi) is 7.99. The lowest BCUT2D eigenvalue weighted by Gasteiger charge is -2.23. The Morgan fingerprint density at radius 1 is 1.06 bits per heavy atom. The number of nitrogens with zero attached hydrogens (tertiary/aromatic N) is 5. The van der Waals surface area contributed by atoms with Gasteiger partial charge in [-0.15, -0.1) is 0 Å². The number of rotatable bonds is 0. The molecule has 1 aromatic carbocycles. The molecule has 34 heavy (non-hydrogen) atoms. The zero-order valence-electron chi connectivity index (χ0n) is 20.0. The standard InChI is InChI=1S/C24H32ClN7O2/c1-30-9-4-5-12-34-32(3)11-6-10-31(2)23-21-19(24(33)29-22(21)27-16-28-23)14-26-18-7-8-20(25)17(13-18)15-30/h7-8,13-14,16,26H,4-6,9-12,15H2,1-3H3,(H,27,28,29,33)/b19-14-. The second kappa shape index (κ2) is 11.1. The highest BCUT2D eigenvalue weighted by molar-refractivity contribution is 6.32. The molecule has 182 valence electrons. The number of hydroxylamine groups is 2. The van der Waals surface area contributed by atoms with E-state index < -0.39 is 0 Å². The van der Waals surface area contributed by atoms with E-state index in [1.165, 1.54) is 6.33 Å². The van der Waals surface area contributed by atoms with Crippen molar-refractivity contribution in [2.45, 2.75) is 25.8 Å². The summed E-state index contributed by atoms with van der Waals surface area (Å²) in [6.07, 6.45) is 6.13. The predicted octanol–water partition coefficient (Wildman–Crippen LogP) is 3.45. The van der Waals surface area contributed by atoms with Crippen LogP contribution in [0.25, 0.3) is 5.57 Å². The summed E-state index contributed by atoms with van der Waals surface area (Å²) < 4.78 is 0. The maximum atomic E-state index is 12.8. The number of carbonyl (C=O) groups excluding carboxylic acids is 1. The number of carbonyl (C=O) groups is 1. The van der Waals surface area contributed by atoms with Crippen LogP contribution < -0.4 is 15.5 Å². The minimum Gasteiger partial charge on any atom is -0.361 e. The summed E-state index contributed by atoms with van der Waals surface area (Å²) in [7, 11) is 6.03. The maximum absolute atomic E-state index is 12.8. The molecule has 0 radical (unpaired) electrons. The van der Waals surface area contributed by atoms with Crippen LogP contribution in [0.1, 0.15) is 30.4 Å². The van der Waals surface area contributed by atoms with Gasteiger partial charge in [-0.2, -0.15) is 5.06 Å². The average molecular weight is 486 g/mol. The molecular formula is C24H32ClN7O2. The van der Waals surface area contributed by atoms with Crippen LogP contribution >= 0.6 is 11.6 Å². The number of nitrogens with one attached hydrogen (secondary N) is 2. The van der Waals surface area contributed by atoms with E-state index in [0.717, 1.165) is 61.7 Å². The topological polar surface area (TPSA) is 85.9 Å². The highest BCUT2D eigenvalue weighted by atomic mass is 35.5. The second-order valence-corrected chi connectivity index (χ2v) is 9.20. The van der Waals surface area contributed by atoms with E-state index in [2.05, 4.69) is 37.4 Å². The Morgan fingerprint density at radius 2 is 1.91 bits per heavy atom. The molecule has 9 nitrogen and oxygen atoms in total. The molecular weight excluding hydrogens is 454 g/mol. The van der Waals surface area contributed by atoms with Crippen molar-refractivity contribution in [1.82, 2.24) is 19.9 Å². The van der Waals surface area contributed by atoms with Crippen molar-refractivity contribution in [3.8, 4) is 0 Å². The highest BCUT2D eigenvalue weighted by Crippen LogP contribution is 2.36. The summed E-state index contributed by atoms with van der Waals surface area (Å²) in [5.41, 5.74) is 3.09. The highest BCUT2D eigenvalue weighted by Gasteiger charge is 2.30. The molecule has 2 bridgehead atoms. The summed E-state index contributed by atoms with van der Waals surface area (Å²) in [5, 5.41) is 8.74. The largest absolute Gasteiger partial charge is 0.361 e. The fourth-order valence-corrected chi connectivity index (χ4v) is 4.33. The third kappa shape index (κ3) is 5.85. The summed E-state index contributed by atoms with van der Waals surface area (Å²) >= 11 is 6.47. The van der Waals surface area contributed by atoms with Gasteiger partial charge in [0.1, 0.15) is 18.0 Å². The lowest BCUT2D eigenvalue weighted by Crippen LogP contribution is -2.27. The van der Waals surface area contributed by atoms with Gasteiger partial charge in [0.25, 0.3) is 5.91 Å². The smallest absolute Gasteiger partial charge is 0.259 e. The minimum absolute atomic E-state index is 0.207. The zero-order valence-corrected chi connectivity index (χ0v) is 20.7. The van der Waals surface area contributed by atoms with Crippen LogP contribution in [0, 0.1) is 0 Å². The Labute approximate surface area is 205 Å². The number of hydrogen-bond acceptors (Lipinski definition) is 8. The molecule has 3 heterocycles. The molecule has 0 spiro atoms. The Balaban J connectivity index is 1.64. The molecule has 0 fully saturated rings. The van der Waals surface area contributed by atoms with Crippen molar-refractivity contribution in [2.75, 3.05) is 62.9 Å². The van der Waals surface area contributed by atoms with Gasteiger partial charge in [-0.3, -0.25) is 9.63 Å². The van der Waals surface area contributed by atoms with Crippen LogP contribution in [0.5, 0.6) is 0 Å². The number of hydrogen-bond donors (Lipinski definition) is 2. The Morgan fingerprint density at radius 3 is 2.76 bits per heavy atom. The Hall–Kier alpha value is -2.72. The van der Waals surface area contributed by atoms with Crippen LogP contribution in [0.3, 0.4) is 0 Å². The molecule has 2 aromatic rings. The molecule has 4 rings (SSSR count). The van der Waals surface area contributed by atoms with E-state index >= 15 is 0 Å². The lowest BCUT2D eigenvalue weighted by atomic mass is 10.1. The summed E-state index contributed by atoms with van der Waals surface area (Å²) in [4.78, 5) is 31.7. The molecule has 2 N–H and O–H groups in total. The number of amides is 1. The van der Waals surface area contributed by atoms with Crippen molar-refractivity contribution in [1.29, 1.82) is 0 Å². The van der Waals surface area contributed by atoms with Gasteiger partial charge in [0.2, 0.25) is 0 Å². The minimum atomic E-state index is -0.207. The van der Waals surface area contributed by atoms with Crippen molar-refractivity contribution in [3.63, 3.8) is 0 Å². The fraction of sp³-hybridized carbons (Fsp3) is 0.458. The maximum Gasteiger partial charge on any atom is 0.259 e. The third-order valence-corrected chi connectivity index (χ3v) is 6.38. The van der Waals surface area contributed by atoms with E-state index in [1.54, 1.807) is 6.20 Å². The van der Waals surface area contributed by atoms with Gasteiger partial charge >= 0.3 is 0 Å². The van der Waals surface area contributed by atoms with Crippen LogP contribution in [-0.2, 0) is 16.2 Å². The van der Waals surface area contributed by atoms with Crippen molar-refractivity contribution < 1.29 is 9.63 Å². The van der Waals surface area contributed by atoms with Gasteiger partial charge in [-0.1, -0.05) is 11.6 Å². The quantitative estimate of drug-likeness (QED) is 0.587. The molecule has 2 aliphatic heterocycles.